The predicted molar refractivity (Wildman–Crippen MR) is 120 cm³/mol. The summed E-state index contributed by atoms with van der Waals surface area (Å²) in [7, 11) is 1.61. The second kappa shape index (κ2) is 9.55. The van der Waals surface area contributed by atoms with Crippen LogP contribution in [0.3, 0.4) is 0 Å². The predicted octanol–water partition coefficient (Wildman–Crippen LogP) is 4.22. The maximum absolute atomic E-state index is 10.7. The van der Waals surface area contributed by atoms with Gasteiger partial charge < -0.3 is 19.3 Å². The van der Waals surface area contributed by atoms with Gasteiger partial charge in [-0.05, 0) is 35.4 Å². The lowest BCUT2D eigenvalue weighted by Crippen LogP contribution is -2.28. The highest BCUT2D eigenvalue weighted by Gasteiger charge is 2.32. The summed E-state index contributed by atoms with van der Waals surface area (Å²) in [5.74, 6) is 2.08. The Balaban J connectivity index is 1.44. The van der Waals surface area contributed by atoms with E-state index in [1.54, 1.807) is 19.3 Å². The van der Waals surface area contributed by atoms with E-state index in [0.29, 0.717) is 30.4 Å². The first-order valence-corrected chi connectivity index (χ1v) is 10.1. The lowest BCUT2D eigenvalue weighted by Gasteiger charge is -2.22. The van der Waals surface area contributed by atoms with Crippen LogP contribution in [0.1, 0.15) is 22.7 Å². The van der Waals surface area contributed by atoms with Crippen LogP contribution in [0.2, 0.25) is 0 Å². The van der Waals surface area contributed by atoms with Crippen molar-refractivity contribution in [2.45, 2.75) is 18.8 Å². The van der Waals surface area contributed by atoms with Crippen molar-refractivity contribution in [3.05, 3.63) is 90.0 Å². The molecule has 1 fully saturated rings. The van der Waals surface area contributed by atoms with Crippen molar-refractivity contribution in [2.75, 3.05) is 13.7 Å². The summed E-state index contributed by atoms with van der Waals surface area (Å²) in [6.07, 6.45) is 1.58. The molecule has 0 aliphatic carbocycles. The van der Waals surface area contributed by atoms with Gasteiger partial charge in [0.05, 0.1) is 13.2 Å². The van der Waals surface area contributed by atoms with Crippen LogP contribution in [0.25, 0.3) is 6.08 Å². The Kier molecular flexibility index (Phi) is 6.40. The number of phenolic OH excluding ortho intramolecular Hbond substituents is 1. The highest BCUT2D eigenvalue weighted by atomic mass is 16.5. The Hall–Kier alpha value is -3.48. The first-order chi connectivity index (χ1) is 15.2. The fourth-order valence-electron chi connectivity index (χ4n) is 3.54. The van der Waals surface area contributed by atoms with Crippen LogP contribution in [0.15, 0.2) is 73.3 Å². The largest absolute Gasteiger partial charge is 0.507 e. The number of rotatable bonds is 8. The molecule has 0 bridgehead atoms. The number of para-hydroxylation sites is 2. The maximum Gasteiger partial charge on any atom is 0.161 e. The summed E-state index contributed by atoms with van der Waals surface area (Å²) < 4.78 is 17.4. The number of nitrogens with one attached hydrogen (secondary N) is 2. The first kappa shape index (κ1) is 20.8. The van der Waals surface area contributed by atoms with Crippen molar-refractivity contribution < 1.29 is 19.3 Å². The molecule has 1 heterocycles. The van der Waals surface area contributed by atoms with Gasteiger partial charge in [-0.2, -0.15) is 0 Å². The minimum atomic E-state index is -0.231. The molecule has 6 heteroatoms. The van der Waals surface area contributed by atoms with Gasteiger partial charge >= 0.3 is 0 Å². The number of hydrogen-bond acceptors (Lipinski definition) is 6. The molecule has 4 rings (SSSR count). The molecule has 1 aliphatic heterocycles. The Labute approximate surface area is 182 Å². The number of ether oxygens (including phenoxy) is 3. The molecule has 160 valence electrons. The molecular weight excluding hydrogens is 392 g/mol. The third-order valence-electron chi connectivity index (χ3n) is 5.24. The van der Waals surface area contributed by atoms with E-state index >= 15 is 0 Å². The van der Waals surface area contributed by atoms with E-state index < -0.39 is 0 Å². The molecule has 0 aromatic heterocycles. The molecule has 3 N–H and O–H groups in total. The lowest BCUT2D eigenvalue weighted by atomic mass is 10.0. The second-order valence-electron chi connectivity index (χ2n) is 7.27. The Morgan fingerprint density at radius 3 is 2.55 bits per heavy atom. The third-order valence-corrected chi connectivity index (χ3v) is 5.24. The summed E-state index contributed by atoms with van der Waals surface area (Å²) in [4.78, 5) is 0. The number of benzene rings is 3. The van der Waals surface area contributed by atoms with Gasteiger partial charge in [0.2, 0.25) is 0 Å². The fraction of sp³-hybridized carbons (Fsp3) is 0.200. The number of methoxy groups -OCH3 is 1. The van der Waals surface area contributed by atoms with Crippen LogP contribution in [-0.2, 0) is 6.61 Å². The molecule has 1 saturated heterocycles. The zero-order valence-corrected chi connectivity index (χ0v) is 17.4. The highest BCUT2D eigenvalue weighted by Crippen LogP contribution is 2.35. The first-order valence-electron chi connectivity index (χ1n) is 10.1. The van der Waals surface area contributed by atoms with E-state index in [2.05, 4.69) is 17.4 Å². The van der Waals surface area contributed by atoms with Crippen molar-refractivity contribution in [2.24, 2.45) is 0 Å². The van der Waals surface area contributed by atoms with Gasteiger partial charge in [-0.1, -0.05) is 49.1 Å². The van der Waals surface area contributed by atoms with Crippen molar-refractivity contribution in [3.63, 3.8) is 0 Å². The summed E-state index contributed by atoms with van der Waals surface area (Å²) in [6, 6.07) is 20.6. The van der Waals surface area contributed by atoms with Crippen LogP contribution >= 0.6 is 0 Å². The van der Waals surface area contributed by atoms with E-state index in [-0.39, 0.29) is 17.9 Å². The van der Waals surface area contributed by atoms with Crippen molar-refractivity contribution in [1.29, 1.82) is 0 Å². The summed E-state index contributed by atoms with van der Waals surface area (Å²) in [6.45, 7) is 4.76. The van der Waals surface area contributed by atoms with E-state index in [9.17, 15) is 5.11 Å². The molecule has 3 aromatic carbocycles. The molecule has 1 aliphatic rings. The second-order valence-corrected chi connectivity index (χ2v) is 7.27. The minimum Gasteiger partial charge on any atom is -0.507 e. The molecular formula is C25H26N2O4. The number of hydrazine groups is 1. The molecule has 0 spiro atoms. The number of hydrogen-bond donors (Lipinski definition) is 3. The average Bonchev–Trinajstić information content (AvgIpc) is 3.26. The topological polar surface area (TPSA) is 72.0 Å². The summed E-state index contributed by atoms with van der Waals surface area (Å²) in [5.41, 5.74) is 9.13. The molecule has 2 unspecified atom stereocenters. The molecule has 6 nitrogen and oxygen atoms in total. The van der Waals surface area contributed by atoms with Crippen LogP contribution in [-0.4, -0.2) is 24.9 Å². The lowest BCUT2D eigenvalue weighted by molar-refractivity contribution is 0.187. The van der Waals surface area contributed by atoms with Gasteiger partial charge in [-0.15, -0.1) is 0 Å². The third kappa shape index (κ3) is 4.82. The minimum absolute atomic E-state index is 0.148. The van der Waals surface area contributed by atoms with Gasteiger partial charge in [0.15, 0.2) is 11.5 Å². The standard InChI is InChI=1S/C25H26N2O4/c1-3-17-8-10-18(11-9-17)16-30-19-12-13-20(21(28)14-19)25-24(15-26-27-25)31-23-7-5-4-6-22(23)29-2/h3-14,24-28H,1,15-16H2,2H3. The highest BCUT2D eigenvalue weighted by molar-refractivity contribution is 5.47. The summed E-state index contributed by atoms with van der Waals surface area (Å²) in [5, 5.41) is 10.7. The van der Waals surface area contributed by atoms with Gasteiger partial charge in [0.25, 0.3) is 0 Å². The molecule has 0 saturated carbocycles. The zero-order chi connectivity index (χ0) is 21.6. The molecule has 31 heavy (non-hydrogen) atoms. The van der Waals surface area contributed by atoms with Crippen molar-refractivity contribution >= 4 is 6.08 Å². The van der Waals surface area contributed by atoms with E-state index in [4.69, 9.17) is 14.2 Å². The molecule has 0 amide bonds. The summed E-state index contributed by atoms with van der Waals surface area (Å²) >= 11 is 0. The van der Waals surface area contributed by atoms with Crippen LogP contribution in [0, 0.1) is 0 Å². The zero-order valence-electron chi connectivity index (χ0n) is 17.4. The van der Waals surface area contributed by atoms with Gasteiger partial charge in [0, 0.05) is 18.2 Å². The Bertz CT molecular complexity index is 1040. The smallest absolute Gasteiger partial charge is 0.161 e. The quantitative estimate of drug-likeness (QED) is 0.509. The van der Waals surface area contributed by atoms with E-state index in [0.717, 1.165) is 16.7 Å². The Morgan fingerprint density at radius 1 is 1.06 bits per heavy atom. The van der Waals surface area contributed by atoms with Crippen molar-refractivity contribution in [3.8, 4) is 23.0 Å². The maximum atomic E-state index is 10.7. The Morgan fingerprint density at radius 2 is 1.84 bits per heavy atom. The number of aromatic hydroxyl groups is 1. The monoisotopic (exact) mass is 418 g/mol. The molecule has 0 radical (unpaired) electrons. The van der Waals surface area contributed by atoms with Crippen LogP contribution in [0.5, 0.6) is 23.0 Å². The van der Waals surface area contributed by atoms with Crippen LogP contribution < -0.4 is 25.1 Å². The van der Waals surface area contributed by atoms with Gasteiger partial charge in [0.1, 0.15) is 24.2 Å². The number of phenols is 1. The van der Waals surface area contributed by atoms with E-state index in [1.165, 1.54) is 0 Å². The van der Waals surface area contributed by atoms with Crippen LogP contribution in [0.4, 0.5) is 0 Å². The van der Waals surface area contributed by atoms with Gasteiger partial charge in [-0.25, -0.2) is 5.43 Å². The normalized spacial score (nSPS) is 17.8. The molecule has 3 aromatic rings. The fourth-order valence-corrected chi connectivity index (χ4v) is 3.54. The average molecular weight is 418 g/mol. The van der Waals surface area contributed by atoms with Gasteiger partial charge in [-0.3, -0.25) is 5.43 Å². The molecule has 2 atom stereocenters. The van der Waals surface area contributed by atoms with E-state index in [1.807, 2.05) is 60.7 Å². The van der Waals surface area contributed by atoms with Crippen molar-refractivity contribution in [1.82, 2.24) is 10.9 Å². The SMILES string of the molecule is C=Cc1ccc(COc2ccc(C3NNCC3Oc3ccccc3OC)c(O)c2)cc1.